The molecular weight excluding hydrogens is 252 g/mol. The Labute approximate surface area is 70.2 Å². The first-order chi connectivity index (χ1) is 4.19. The lowest BCUT2D eigenvalue weighted by molar-refractivity contribution is 0.428. The molecule has 5 heteroatoms. The van der Waals surface area contributed by atoms with Gasteiger partial charge in [0.15, 0.2) is 0 Å². The zero-order chi connectivity index (χ0) is 6.91. The van der Waals surface area contributed by atoms with Crippen molar-refractivity contribution in [3.05, 3.63) is 4.91 Å². The lowest BCUT2D eigenvalue weighted by Crippen LogP contribution is -2.26. The highest BCUT2D eigenvalue weighted by Gasteiger charge is 2.38. The van der Waals surface area contributed by atoms with Crippen LogP contribution >= 0.6 is 32.1 Å². The fraction of sp³-hybridized carbons (Fsp3) is 1.00. The van der Waals surface area contributed by atoms with Crippen LogP contribution in [0.5, 0.6) is 0 Å². The van der Waals surface area contributed by atoms with Crippen molar-refractivity contribution in [3.8, 4) is 0 Å². The summed E-state index contributed by atoms with van der Waals surface area (Å²) in [5, 5.41) is 2.95. The third-order valence-electron chi connectivity index (χ3n) is 1.36. The lowest BCUT2D eigenvalue weighted by Gasteiger charge is -2.18. The SMILES string of the molecule is O=NC1(Br)CCCN1Br. The van der Waals surface area contributed by atoms with Gasteiger partial charge in [-0.1, -0.05) is 0 Å². The van der Waals surface area contributed by atoms with Crippen molar-refractivity contribution in [1.29, 1.82) is 0 Å². The maximum absolute atomic E-state index is 10.2. The molecule has 1 aliphatic heterocycles. The summed E-state index contributed by atoms with van der Waals surface area (Å²) in [5.41, 5.74) is 0. The van der Waals surface area contributed by atoms with Crippen LogP contribution in [0.15, 0.2) is 5.18 Å². The third-order valence-corrected chi connectivity index (χ3v) is 3.75. The maximum atomic E-state index is 10.2. The van der Waals surface area contributed by atoms with Crippen molar-refractivity contribution in [1.82, 2.24) is 3.93 Å². The van der Waals surface area contributed by atoms with Crippen molar-refractivity contribution in [2.45, 2.75) is 17.4 Å². The molecule has 52 valence electrons. The van der Waals surface area contributed by atoms with Gasteiger partial charge in [-0.05, 0) is 27.5 Å². The molecule has 0 radical (unpaired) electrons. The molecule has 0 aliphatic carbocycles. The van der Waals surface area contributed by atoms with Gasteiger partial charge in [-0.15, -0.1) is 4.91 Å². The van der Waals surface area contributed by atoms with Crippen molar-refractivity contribution in [3.63, 3.8) is 0 Å². The van der Waals surface area contributed by atoms with E-state index in [1.165, 1.54) is 0 Å². The summed E-state index contributed by atoms with van der Waals surface area (Å²) in [6, 6.07) is 0. The Morgan fingerprint density at radius 1 is 1.67 bits per heavy atom. The monoisotopic (exact) mass is 256 g/mol. The quantitative estimate of drug-likeness (QED) is 0.312. The van der Waals surface area contributed by atoms with Crippen LogP contribution in [0.3, 0.4) is 0 Å². The number of nitrogens with zero attached hydrogens (tertiary/aromatic N) is 2. The zero-order valence-electron chi connectivity index (χ0n) is 4.68. The van der Waals surface area contributed by atoms with Gasteiger partial charge in [0.2, 0.25) is 4.57 Å². The molecule has 9 heavy (non-hydrogen) atoms. The lowest BCUT2D eigenvalue weighted by atomic mass is 10.3. The van der Waals surface area contributed by atoms with Crippen LogP contribution in [-0.2, 0) is 0 Å². The van der Waals surface area contributed by atoms with Gasteiger partial charge in [0.1, 0.15) is 0 Å². The number of rotatable bonds is 1. The fourth-order valence-electron chi connectivity index (χ4n) is 0.825. The van der Waals surface area contributed by atoms with Gasteiger partial charge >= 0.3 is 0 Å². The Morgan fingerprint density at radius 3 is 2.56 bits per heavy atom. The summed E-state index contributed by atoms with van der Waals surface area (Å²) in [6.07, 6.45) is 1.78. The summed E-state index contributed by atoms with van der Waals surface area (Å²) in [5.74, 6) is 0. The molecule has 0 aromatic carbocycles. The number of halogens is 2. The molecule has 0 N–H and O–H groups in total. The standard InChI is InChI=1S/C4H6Br2N2O/c5-4(7-9)2-1-3-8(4)6/h1-3H2. The maximum Gasteiger partial charge on any atom is 0.219 e. The first kappa shape index (κ1) is 7.63. The number of nitroso groups, excluding NO2 is 1. The second-order valence-corrected chi connectivity index (χ2v) is 4.13. The van der Waals surface area contributed by atoms with E-state index < -0.39 is 4.57 Å². The molecule has 0 bridgehead atoms. The number of hydrogen-bond donors (Lipinski definition) is 0. The van der Waals surface area contributed by atoms with E-state index in [4.69, 9.17) is 0 Å². The minimum absolute atomic E-state index is 0.674. The van der Waals surface area contributed by atoms with Gasteiger partial charge < -0.3 is 0 Å². The van der Waals surface area contributed by atoms with Gasteiger partial charge in [0, 0.05) is 29.1 Å². The average Bonchev–Trinajstić information content (AvgIpc) is 2.15. The molecule has 1 saturated heterocycles. The zero-order valence-corrected chi connectivity index (χ0v) is 7.85. The molecule has 1 aliphatic rings. The molecule has 1 fully saturated rings. The Morgan fingerprint density at radius 2 is 2.33 bits per heavy atom. The van der Waals surface area contributed by atoms with E-state index in [1.807, 2.05) is 0 Å². The molecule has 1 atom stereocenters. The van der Waals surface area contributed by atoms with Crippen LogP contribution in [0.1, 0.15) is 12.8 Å². The van der Waals surface area contributed by atoms with Gasteiger partial charge in [-0.3, -0.25) is 0 Å². The van der Waals surface area contributed by atoms with E-state index >= 15 is 0 Å². The highest BCUT2D eigenvalue weighted by molar-refractivity contribution is 9.11. The molecule has 1 unspecified atom stereocenters. The number of alkyl halides is 1. The summed E-state index contributed by atoms with van der Waals surface area (Å²) < 4.78 is 1.06. The summed E-state index contributed by atoms with van der Waals surface area (Å²) in [6.45, 7) is 0.872. The van der Waals surface area contributed by atoms with E-state index in [1.54, 1.807) is 3.93 Å². The largest absolute Gasteiger partial charge is 0.219 e. The predicted octanol–water partition coefficient (Wildman–Crippen LogP) is 2.21. The molecule has 1 rings (SSSR count). The Kier molecular flexibility index (Phi) is 2.23. The van der Waals surface area contributed by atoms with Crippen molar-refractivity contribution < 1.29 is 0 Å². The van der Waals surface area contributed by atoms with Gasteiger partial charge in [-0.2, -0.15) is 0 Å². The number of hydrogen-bond acceptors (Lipinski definition) is 3. The van der Waals surface area contributed by atoms with E-state index in [0.29, 0.717) is 0 Å². The second kappa shape index (κ2) is 2.64. The van der Waals surface area contributed by atoms with E-state index in [9.17, 15) is 4.91 Å². The summed E-state index contributed by atoms with van der Waals surface area (Å²) >= 11 is 6.42. The minimum atomic E-state index is -0.674. The molecule has 1 heterocycles. The average molecular weight is 258 g/mol. The van der Waals surface area contributed by atoms with Crippen molar-refractivity contribution in [2.75, 3.05) is 6.54 Å². The predicted molar refractivity (Wildman–Crippen MR) is 42.3 cm³/mol. The smallest absolute Gasteiger partial charge is 0.204 e. The minimum Gasteiger partial charge on any atom is -0.204 e. The molecule has 0 saturated carbocycles. The van der Waals surface area contributed by atoms with Gasteiger partial charge in [0.05, 0.1) is 0 Å². The van der Waals surface area contributed by atoms with Gasteiger partial charge in [-0.25, -0.2) is 3.93 Å². The molecule has 0 spiro atoms. The first-order valence-corrected chi connectivity index (χ1v) is 4.16. The normalized spacial score (nSPS) is 37.1. The van der Waals surface area contributed by atoms with Crippen LogP contribution in [0.2, 0.25) is 0 Å². The Bertz CT molecular complexity index is 132. The second-order valence-electron chi connectivity index (χ2n) is 2.00. The molecule has 3 nitrogen and oxygen atoms in total. The fourth-order valence-corrected chi connectivity index (χ4v) is 1.78. The van der Waals surface area contributed by atoms with E-state index in [0.717, 1.165) is 19.4 Å². The summed E-state index contributed by atoms with van der Waals surface area (Å²) in [7, 11) is 0. The topological polar surface area (TPSA) is 32.7 Å². The van der Waals surface area contributed by atoms with Crippen molar-refractivity contribution >= 4 is 32.1 Å². The highest BCUT2D eigenvalue weighted by Crippen LogP contribution is 2.38. The molecular formula is C4H6Br2N2O. The molecule has 0 aromatic heterocycles. The van der Waals surface area contributed by atoms with Crippen LogP contribution in [-0.4, -0.2) is 15.0 Å². The Balaban J connectivity index is 2.66. The van der Waals surface area contributed by atoms with Crippen LogP contribution in [0, 0.1) is 4.91 Å². The molecule has 0 amide bonds. The van der Waals surface area contributed by atoms with Crippen LogP contribution in [0.4, 0.5) is 0 Å². The van der Waals surface area contributed by atoms with E-state index in [2.05, 4.69) is 37.3 Å². The first-order valence-electron chi connectivity index (χ1n) is 2.66. The van der Waals surface area contributed by atoms with Crippen molar-refractivity contribution in [2.24, 2.45) is 5.18 Å². The van der Waals surface area contributed by atoms with Crippen LogP contribution in [0.25, 0.3) is 0 Å². The Hall–Kier alpha value is 0.520. The third kappa shape index (κ3) is 1.33. The van der Waals surface area contributed by atoms with E-state index in [-0.39, 0.29) is 0 Å². The molecule has 0 aromatic rings. The summed E-state index contributed by atoms with van der Waals surface area (Å²) in [4.78, 5) is 10.2. The van der Waals surface area contributed by atoms with Crippen LogP contribution < -0.4 is 0 Å². The highest BCUT2D eigenvalue weighted by atomic mass is 79.9. The van der Waals surface area contributed by atoms with Gasteiger partial charge in [0.25, 0.3) is 0 Å².